The molecule has 6 aliphatic heterocycles. The van der Waals surface area contributed by atoms with Crippen molar-refractivity contribution in [2.24, 2.45) is 10.8 Å². The molecule has 8 aliphatic rings. The lowest BCUT2D eigenvalue weighted by Gasteiger charge is -2.58. The monoisotopic (exact) mass is 558 g/mol. The van der Waals surface area contributed by atoms with Crippen molar-refractivity contribution >= 4 is 11.9 Å². The topological polar surface area (TPSA) is 146 Å². The van der Waals surface area contributed by atoms with E-state index in [-0.39, 0.29) is 25.4 Å². The fourth-order valence-electron chi connectivity index (χ4n) is 8.86. The third kappa shape index (κ3) is 2.94. The summed E-state index contributed by atoms with van der Waals surface area (Å²) in [6.45, 7) is 4.85. The second-order valence-corrected chi connectivity index (χ2v) is 12.8. The normalized spacial score (nSPS) is 57.6. The standard InChI is InChI=1S/C29H34O11/c1-15-6-8-26-13-34-23(33)21-28(40-21)9-10-35-27(20(31)22(32)39-24(27)28)7-4-3-5-19(30)38-16-12-18(37-17(26)11-15)29(14-36-29)25(16,26)2/h3-5,7,11,16-18,20-22,24,31-32H,6,8-10,12-14H2,1-2H3/b5-3-,7-4-/t16-,17-,18-,20+,21?,22-,24+,25-,26-,27-,28?,29+/m1/s1. The maximum atomic E-state index is 13.7. The van der Waals surface area contributed by atoms with Crippen LogP contribution in [0.15, 0.2) is 36.0 Å². The lowest BCUT2D eigenvalue weighted by atomic mass is 9.51. The molecule has 8 rings (SSSR count). The summed E-state index contributed by atoms with van der Waals surface area (Å²) in [4.78, 5) is 26.8. The number of esters is 2. The second-order valence-electron chi connectivity index (χ2n) is 12.8. The van der Waals surface area contributed by atoms with E-state index < -0.39 is 70.3 Å². The minimum absolute atomic E-state index is 0.0345. The van der Waals surface area contributed by atoms with Crippen LogP contribution in [-0.2, 0) is 42.7 Å². The lowest BCUT2D eigenvalue weighted by Crippen LogP contribution is -2.67. The highest BCUT2D eigenvalue weighted by Crippen LogP contribution is 2.72. The number of epoxide rings is 2. The minimum Gasteiger partial charge on any atom is -0.463 e. The van der Waals surface area contributed by atoms with E-state index in [1.54, 1.807) is 12.2 Å². The Bertz CT molecular complexity index is 1250. The van der Waals surface area contributed by atoms with Crippen LogP contribution in [-0.4, -0.2) is 102 Å². The van der Waals surface area contributed by atoms with E-state index in [1.807, 2.05) is 0 Å². The maximum absolute atomic E-state index is 13.7. The van der Waals surface area contributed by atoms with Gasteiger partial charge < -0.3 is 43.4 Å². The number of hydrogen-bond donors (Lipinski definition) is 2. The molecule has 5 saturated heterocycles. The Kier molecular flexibility index (Phi) is 5.14. The average molecular weight is 559 g/mol. The fraction of sp³-hybridized carbons (Fsp3) is 0.724. The molecule has 11 nitrogen and oxygen atoms in total. The van der Waals surface area contributed by atoms with E-state index in [9.17, 15) is 19.8 Å². The highest BCUT2D eigenvalue weighted by molar-refractivity contribution is 5.82. The molecule has 12 atom stereocenters. The molecule has 216 valence electrons. The Labute approximate surface area is 231 Å². The summed E-state index contributed by atoms with van der Waals surface area (Å²) in [6, 6.07) is 0. The lowest BCUT2D eigenvalue weighted by molar-refractivity contribution is -0.233. The second kappa shape index (κ2) is 8.03. The van der Waals surface area contributed by atoms with Gasteiger partial charge in [-0.05, 0) is 25.8 Å². The molecule has 40 heavy (non-hydrogen) atoms. The molecule has 0 aromatic rings. The summed E-state index contributed by atoms with van der Waals surface area (Å²) in [5, 5.41) is 21.3. The third-order valence-electron chi connectivity index (χ3n) is 11.3. The van der Waals surface area contributed by atoms with Gasteiger partial charge in [0.15, 0.2) is 12.4 Å². The molecule has 6 fully saturated rings. The van der Waals surface area contributed by atoms with E-state index in [0.29, 0.717) is 25.9 Å². The third-order valence-corrected chi connectivity index (χ3v) is 11.3. The van der Waals surface area contributed by atoms with Crippen molar-refractivity contribution in [1.29, 1.82) is 0 Å². The first-order valence-electron chi connectivity index (χ1n) is 14.2. The van der Waals surface area contributed by atoms with Gasteiger partial charge in [0, 0.05) is 24.3 Å². The number of carbonyl (C=O) groups excluding carboxylic acids is 2. The van der Waals surface area contributed by atoms with Crippen LogP contribution in [0, 0.1) is 10.8 Å². The van der Waals surface area contributed by atoms with Crippen molar-refractivity contribution in [2.75, 3.05) is 19.8 Å². The first-order valence-corrected chi connectivity index (χ1v) is 14.2. The van der Waals surface area contributed by atoms with Crippen molar-refractivity contribution in [1.82, 2.24) is 0 Å². The number of allylic oxidation sites excluding steroid dienone is 3. The van der Waals surface area contributed by atoms with Crippen LogP contribution >= 0.6 is 0 Å². The molecule has 4 bridgehead atoms. The molecule has 3 spiro atoms. The van der Waals surface area contributed by atoms with Crippen molar-refractivity contribution in [3.8, 4) is 0 Å². The number of aliphatic hydroxyl groups is 2. The fourth-order valence-corrected chi connectivity index (χ4v) is 8.86. The number of hydrogen-bond acceptors (Lipinski definition) is 11. The largest absolute Gasteiger partial charge is 0.463 e. The predicted octanol–water partition coefficient (Wildman–Crippen LogP) is 0.615. The van der Waals surface area contributed by atoms with Crippen LogP contribution in [0.1, 0.15) is 39.5 Å². The number of aliphatic hydroxyl groups excluding tert-OH is 2. The van der Waals surface area contributed by atoms with E-state index in [4.69, 9.17) is 33.2 Å². The number of cyclic esters (lactones) is 1. The van der Waals surface area contributed by atoms with Gasteiger partial charge in [-0.2, -0.15) is 0 Å². The molecular formula is C29H34O11. The van der Waals surface area contributed by atoms with Crippen LogP contribution < -0.4 is 0 Å². The maximum Gasteiger partial charge on any atom is 0.338 e. The van der Waals surface area contributed by atoms with Gasteiger partial charge >= 0.3 is 11.9 Å². The first kappa shape index (κ1) is 25.6. The smallest absolute Gasteiger partial charge is 0.338 e. The van der Waals surface area contributed by atoms with Crippen LogP contribution in [0.4, 0.5) is 0 Å². The summed E-state index contributed by atoms with van der Waals surface area (Å²) < 4.78 is 42.8. The summed E-state index contributed by atoms with van der Waals surface area (Å²) >= 11 is 0. The average Bonchev–Trinajstić information content (AvgIpc) is 3.83. The first-order chi connectivity index (χ1) is 19.1. The van der Waals surface area contributed by atoms with Crippen molar-refractivity contribution in [2.45, 2.75) is 99.2 Å². The predicted molar refractivity (Wildman–Crippen MR) is 132 cm³/mol. The Hall–Kier alpha value is -2.12. The molecule has 2 N–H and O–H groups in total. The van der Waals surface area contributed by atoms with Gasteiger partial charge in [0.25, 0.3) is 0 Å². The Morgan fingerprint density at radius 2 is 1.85 bits per heavy atom. The number of rotatable bonds is 0. The molecule has 1 saturated carbocycles. The summed E-state index contributed by atoms with van der Waals surface area (Å²) in [7, 11) is 0. The van der Waals surface area contributed by atoms with Crippen molar-refractivity contribution in [3.63, 3.8) is 0 Å². The summed E-state index contributed by atoms with van der Waals surface area (Å²) in [5.74, 6) is -1.07. The molecule has 0 aromatic carbocycles. The highest BCUT2D eigenvalue weighted by atomic mass is 16.7. The van der Waals surface area contributed by atoms with Crippen molar-refractivity contribution < 1.29 is 53.0 Å². The van der Waals surface area contributed by atoms with Crippen LogP contribution in [0.25, 0.3) is 0 Å². The van der Waals surface area contributed by atoms with Crippen LogP contribution in [0.3, 0.4) is 0 Å². The van der Waals surface area contributed by atoms with E-state index >= 15 is 0 Å². The quantitative estimate of drug-likeness (QED) is 0.245. The zero-order valence-corrected chi connectivity index (χ0v) is 22.4. The zero-order chi connectivity index (χ0) is 27.7. The van der Waals surface area contributed by atoms with E-state index in [2.05, 4.69) is 19.9 Å². The van der Waals surface area contributed by atoms with Crippen molar-refractivity contribution in [3.05, 3.63) is 36.0 Å². The van der Waals surface area contributed by atoms with Gasteiger partial charge in [-0.25, -0.2) is 9.59 Å². The Morgan fingerprint density at radius 3 is 2.65 bits per heavy atom. The SMILES string of the molecule is CC1=C[C@H]2O[C@@H]3C[C@H]4OC(=O)/C=C\C=C/[C@]56OCCC7(OC7C(=O)OC[C@@]2(CC1)[C@]4(C)[C@]31CO1)[C@H]5O[C@@H](O)[C@@H]6O. The molecule has 6 heterocycles. The van der Waals surface area contributed by atoms with Gasteiger partial charge in [0.05, 0.1) is 30.8 Å². The molecular weight excluding hydrogens is 524 g/mol. The summed E-state index contributed by atoms with van der Waals surface area (Å²) in [5.41, 5.74) is -3.37. The van der Waals surface area contributed by atoms with E-state index in [1.165, 1.54) is 17.7 Å². The van der Waals surface area contributed by atoms with E-state index in [0.717, 1.165) is 6.42 Å². The number of carbonyl (C=O) groups is 2. The molecule has 0 amide bonds. The van der Waals surface area contributed by atoms with Gasteiger partial charge in [0.1, 0.15) is 41.7 Å². The molecule has 2 aliphatic carbocycles. The van der Waals surface area contributed by atoms with Gasteiger partial charge in [-0.15, -0.1) is 0 Å². The number of ether oxygens (including phenoxy) is 7. The zero-order valence-electron chi connectivity index (χ0n) is 22.4. The minimum atomic E-state index is -1.54. The van der Waals surface area contributed by atoms with Gasteiger partial charge in [-0.1, -0.05) is 30.7 Å². The van der Waals surface area contributed by atoms with Gasteiger partial charge in [-0.3, -0.25) is 0 Å². The molecule has 0 radical (unpaired) electrons. The Balaban J connectivity index is 1.22. The highest BCUT2D eigenvalue weighted by Gasteiger charge is 2.83. The van der Waals surface area contributed by atoms with Gasteiger partial charge in [0.2, 0.25) is 0 Å². The van der Waals surface area contributed by atoms with Crippen LogP contribution in [0.2, 0.25) is 0 Å². The Morgan fingerprint density at radius 1 is 1.02 bits per heavy atom. The molecule has 11 heteroatoms. The van der Waals surface area contributed by atoms with Crippen LogP contribution in [0.5, 0.6) is 0 Å². The summed E-state index contributed by atoms with van der Waals surface area (Å²) in [6.07, 6.45) is 4.33. The molecule has 0 aromatic heterocycles. The molecule has 2 unspecified atom stereocenters.